The highest BCUT2D eigenvalue weighted by atomic mass is 28.3. The summed E-state index contributed by atoms with van der Waals surface area (Å²) in [7, 11) is -1.69. The zero-order chi connectivity index (χ0) is 17.5. The van der Waals surface area contributed by atoms with Crippen LogP contribution in [0.2, 0.25) is 18.1 Å². The van der Waals surface area contributed by atoms with Gasteiger partial charge in [-0.05, 0) is 34.3 Å². The van der Waals surface area contributed by atoms with Crippen molar-refractivity contribution in [2.45, 2.75) is 52.4 Å². The Bertz CT molecular complexity index is 858. The quantitative estimate of drug-likeness (QED) is 0.659. The maximum absolute atomic E-state index is 4.48. The van der Waals surface area contributed by atoms with Gasteiger partial charge in [-0.15, -0.1) is 5.10 Å². The van der Waals surface area contributed by atoms with Crippen molar-refractivity contribution in [3.8, 4) is 0 Å². The fraction of sp³-hybridized carbons (Fsp3) is 0.400. The molecule has 0 aliphatic carbocycles. The second kappa shape index (κ2) is 5.85. The minimum Gasteiger partial charge on any atom is -0.240 e. The minimum absolute atomic E-state index is 0.273. The Morgan fingerprint density at radius 2 is 1.71 bits per heavy atom. The number of rotatable bonds is 3. The molecular formula is C20H27N3Si. The summed E-state index contributed by atoms with van der Waals surface area (Å²) >= 11 is 0. The average molecular weight is 338 g/mol. The molecule has 0 radical (unpaired) electrons. The van der Waals surface area contributed by atoms with Crippen LogP contribution < -0.4 is 5.19 Å². The maximum atomic E-state index is 4.48. The van der Waals surface area contributed by atoms with Gasteiger partial charge in [-0.2, -0.15) is 0 Å². The van der Waals surface area contributed by atoms with Crippen LogP contribution in [0.3, 0.4) is 0 Å². The lowest BCUT2D eigenvalue weighted by Crippen LogP contribution is -2.50. The third kappa shape index (κ3) is 2.91. The van der Waals surface area contributed by atoms with Crippen molar-refractivity contribution < 1.29 is 0 Å². The standard InChI is InChI=1S/C20H27N3Si/c1-15-12-17-19(18(13-15)24(5,6)20(2,3)4)23(22-21-17)14-16-10-8-7-9-11-16/h7-13H,14H2,1-6H3. The zero-order valence-corrected chi connectivity index (χ0v) is 16.6. The van der Waals surface area contributed by atoms with E-state index in [1.165, 1.54) is 21.8 Å². The Kier molecular flexibility index (Phi) is 4.12. The van der Waals surface area contributed by atoms with Crippen molar-refractivity contribution in [1.29, 1.82) is 0 Å². The normalized spacial score (nSPS) is 12.8. The monoisotopic (exact) mass is 337 g/mol. The molecule has 0 saturated carbocycles. The van der Waals surface area contributed by atoms with Crippen molar-refractivity contribution >= 4 is 24.3 Å². The van der Waals surface area contributed by atoms with Crippen LogP contribution >= 0.6 is 0 Å². The van der Waals surface area contributed by atoms with Crippen LogP contribution in [0.15, 0.2) is 42.5 Å². The summed E-state index contributed by atoms with van der Waals surface area (Å²) in [6, 6.07) is 15.0. The van der Waals surface area contributed by atoms with Gasteiger partial charge in [-0.3, -0.25) is 0 Å². The van der Waals surface area contributed by atoms with Crippen LogP contribution in [0.5, 0.6) is 0 Å². The van der Waals surface area contributed by atoms with E-state index in [-0.39, 0.29) is 5.04 Å². The zero-order valence-electron chi connectivity index (χ0n) is 15.6. The molecule has 126 valence electrons. The first kappa shape index (κ1) is 16.9. The first-order chi connectivity index (χ1) is 11.2. The van der Waals surface area contributed by atoms with Crippen molar-refractivity contribution in [3.05, 3.63) is 53.6 Å². The van der Waals surface area contributed by atoms with Crippen LogP contribution in [-0.4, -0.2) is 23.1 Å². The number of fused-ring (bicyclic) bond motifs is 1. The van der Waals surface area contributed by atoms with Gasteiger partial charge in [-0.1, -0.05) is 75.5 Å². The van der Waals surface area contributed by atoms with Crippen molar-refractivity contribution in [2.24, 2.45) is 0 Å². The lowest BCUT2D eigenvalue weighted by molar-refractivity contribution is 0.670. The molecule has 0 saturated heterocycles. The minimum atomic E-state index is -1.69. The molecular weight excluding hydrogens is 310 g/mol. The fourth-order valence-corrected chi connectivity index (χ4v) is 5.25. The summed E-state index contributed by atoms with van der Waals surface area (Å²) in [6.07, 6.45) is 0. The van der Waals surface area contributed by atoms with Gasteiger partial charge >= 0.3 is 0 Å². The van der Waals surface area contributed by atoms with E-state index in [2.05, 4.69) is 92.2 Å². The maximum Gasteiger partial charge on any atom is 0.113 e. The average Bonchev–Trinajstić information content (AvgIpc) is 2.89. The fourth-order valence-electron chi connectivity index (χ4n) is 3.00. The topological polar surface area (TPSA) is 30.7 Å². The Morgan fingerprint density at radius 3 is 2.33 bits per heavy atom. The second-order valence-corrected chi connectivity index (χ2v) is 13.6. The van der Waals surface area contributed by atoms with Gasteiger partial charge in [-0.25, -0.2) is 4.68 Å². The van der Waals surface area contributed by atoms with Gasteiger partial charge in [0.1, 0.15) is 5.52 Å². The van der Waals surface area contributed by atoms with Crippen LogP contribution in [0.25, 0.3) is 11.0 Å². The van der Waals surface area contributed by atoms with E-state index in [1.807, 2.05) is 6.07 Å². The lowest BCUT2D eigenvalue weighted by Gasteiger charge is -2.38. The summed E-state index contributed by atoms with van der Waals surface area (Å²) < 4.78 is 2.08. The van der Waals surface area contributed by atoms with E-state index < -0.39 is 8.07 Å². The van der Waals surface area contributed by atoms with E-state index >= 15 is 0 Å². The summed E-state index contributed by atoms with van der Waals surface area (Å²) in [6.45, 7) is 14.9. The first-order valence-electron chi connectivity index (χ1n) is 8.58. The van der Waals surface area contributed by atoms with Crippen LogP contribution in [-0.2, 0) is 6.54 Å². The number of hydrogen-bond acceptors (Lipinski definition) is 2. The molecule has 0 aliphatic heterocycles. The summed E-state index contributed by atoms with van der Waals surface area (Å²) in [5.74, 6) is 0. The van der Waals surface area contributed by atoms with Crippen molar-refractivity contribution in [2.75, 3.05) is 0 Å². The molecule has 0 spiro atoms. The highest BCUT2D eigenvalue weighted by Gasteiger charge is 2.39. The molecule has 2 aromatic carbocycles. The number of hydrogen-bond donors (Lipinski definition) is 0. The van der Waals surface area contributed by atoms with Crippen LogP contribution in [0, 0.1) is 6.92 Å². The van der Waals surface area contributed by atoms with Gasteiger partial charge in [0, 0.05) is 0 Å². The van der Waals surface area contributed by atoms with Gasteiger partial charge in [0.2, 0.25) is 0 Å². The Morgan fingerprint density at radius 1 is 1.04 bits per heavy atom. The van der Waals surface area contributed by atoms with Gasteiger partial charge in [0.25, 0.3) is 0 Å². The molecule has 3 aromatic rings. The highest BCUT2D eigenvalue weighted by molar-refractivity contribution is 6.93. The highest BCUT2D eigenvalue weighted by Crippen LogP contribution is 2.37. The molecule has 0 fully saturated rings. The van der Waals surface area contributed by atoms with Crippen molar-refractivity contribution in [1.82, 2.24) is 15.0 Å². The molecule has 1 heterocycles. The first-order valence-corrected chi connectivity index (χ1v) is 11.6. The van der Waals surface area contributed by atoms with E-state index in [1.54, 1.807) is 0 Å². The third-order valence-corrected chi connectivity index (χ3v) is 11.0. The SMILES string of the molecule is Cc1cc([Si](C)(C)C(C)(C)C)c2c(c1)nnn2Cc1ccccc1. The molecule has 0 N–H and O–H groups in total. The van der Waals surface area contributed by atoms with Gasteiger partial charge < -0.3 is 0 Å². The predicted octanol–water partition coefficient (Wildman–Crippen LogP) is 4.50. The summed E-state index contributed by atoms with van der Waals surface area (Å²) in [5, 5.41) is 10.7. The number of aryl methyl sites for hydroxylation is 1. The molecule has 0 bridgehead atoms. The number of nitrogens with zero attached hydrogens (tertiary/aromatic N) is 3. The Balaban J connectivity index is 2.20. The summed E-state index contributed by atoms with van der Waals surface area (Å²) in [5.41, 5.74) is 4.77. The molecule has 0 unspecified atom stereocenters. The number of benzene rings is 2. The second-order valence-electron chi connectivity index (χ2n) is 8.29. The predicted molar refractivity (Wildman–Crippen MR) is 105 cm³/mol. The smallest absolute Gasteiger partial charge is 0.113 e. The molecule has 1 aromatic heterocycles. The molecule has 0 aliphatic rings. The van der Waals surface area contributed by atoms with Crippen LogP contribution in [0.1, 0.15) is 31.9 Å². The molecule has 3 nitrogen and oxygen atoms in total. The molecule has 3 rings (SSSR count). The summed E-state index contributed by atoms with van der Waals surface area (Å²) in [4.78, 5) is 0. The molecule has 0 amide bonds. The molecule has 24 heavy (non-hydrogen) atoms. The number of aromatic nitrogens is 3. The lowest BCUT2D eigenvalue weighted by atomic mass is 10.2. The van der Waals surface area contributed by atoms with E-state index in [4.69, 9.17) is 0 Å². The van der Waals surface area contributed by atoms with E-state index in [0.29, 0.717) is 0 Å². The Labute approximate surface area is 145 Å². The Hall–Kier alpha value is -1.94. The molecule has 0 atom stereocenters. The van der Waals surface area contributed by atoms with Crippen molar-refractivity contribution in [3.63, 3.8) is 0 Å². The van der Waals surface area contributed by atoms with Gasteiger partial charge in [0.15, 0.2) is 0 Å². The van der Waals surface area contributed by atoms with Crippen LogP contribution in [0.4, 0.5) is 0 Å². The third-order valence-electron chi connectivity index (χ3n) is 5.48. The van der Waals surface area contributed by atoms with E-state index in [0.717, 1.165) is 12.1 Å². The molecule has 4 heteroatoms. The largest absolute Gasteiger partial charge is 0.240 e. The van der Waals surface area contributed by atoms with Gasteiger partial charge in [0.05, 0.1) is 20.1 Å². The van der Waals surface area contributed by atoms with E-state index in [9.17, 15) is 0 Å².